The molecule has 1 aromatic heterocycles. The number of ether oxygens (including phenoxy) is 1. The number of alkyl halides is 3. The van der Waals surface area contributed by atoms with Gasteiger partial charge in [-0.25, -0.2) is 0 Å². The third kappa shape index (κ3) is 8.59. The number of amides is 2. The van der Waals surface area contributed by atoms with Crippen molar-refractivity contribution in [2.45, 2.75) is 62.9 Å². The number of hydrogen-bond donors (Lipinski definition) is 2. The number of hydrogen-bond acceptors (Lipinski definition) is 7. The summed E-state index contributed by atoms with van der Waals surface area (Å²) in [5.41, 5.74) is 2.14. The van der Waals surface area contributed by atoms with Crippen LogP contribution in [0.15, 0.2) is 42.5 Å². The number of nitrogens with one attached hydrogen (secondary N) is 1. The Bertz CT molecular complexity index is 1700. The first-order valence-corrected chi connectivity index (χ1v) is 17.4. The number of carbonyl (C=O) groups is 3. The summed E-state index contributed by atoms with van der Waals surface area (Å²) < 4.78 is 46.8. The van der Waals surface area contributed by atoms with Gasteiger partial charge in [-0.05, 0) is 55.9 Å². The fourth-order valence-corrected chi connectivity index (χ4v) is 7.74. The molecule has 0 spiro atoms. The molecule has 1 aliphatic carbocycles. The van der Waals surface area contributed by atoms with Crippen LogP contribution in [0.5, 0.6) is 0 Å². The van der Waals surface area contributed by atoms with Crippen molar-refractivity contribution in [3.05, 3.63) is 58.7 Å². The number of aliphatic carboxylic acids is 1. The van der Waals surface area contributed by atoms with Crippen LogP contribution < -0.4 is 5.32 Å². The van der Waals surface area contributed by atoms with E-state index in [1.54, 1.807) is 29.9 Å². The van der Waals surface area contributed by atoms with Crippen molar-refractivity contribution in [2.24, 2.45) is 13.0 Å². The Hall–Kier alpha value is -3.72. The van der Waals surface area contributed by atoms with Gasteiger partial charge in [-0.2, -0.15) is 18.3 Å². The van der Waals surface area contributed by atoms with Crippen LogP contribution in [0.3, 0.4) is 0 Å². The molecule has 2 atom stereocenters. The van der Waals surface area contributed by atoms with E-state index in [1.807, 2.05) is 29.2 Å². The Labute approximate surface area is 293 Å². The van der Waals surface area contributed by atoms with E-state index in [2.05, 4.69) is 15.3 Å². The second-order valence-corrected chi connectivity index (χ2v) is 14.0. The molecule has 2 aliphatic heterocycles. The maximum atomic E-state index is 13.8. The van der Waals surface area contributed by atoms with Crippen molar-refractivity contribution in [1.29, 1.82) is 0 Å². The Morgan fingerprint density at radius 2 is 1.76 bits per heavy atom. The number of rotatable bonds is 10. The minimum Gasteiger partial charge on any atom is -0.481 e. The molecule has 2 amide bonds. The lowest BCUT2D eigenvalue weighted by molar-refractivity contribution is -0.150. The average molecular weight is 719 g/mol. The predicted octanol–water partition coefficient (Wildman–Crippen LogP) is 4.83. The summed E-state index contributed by atoms with van der Waals surface area (Å²) in [6, 6.07) is 12.2. The molecule has 3 heterocycles. The summed E-state index contributed by atoms with van der Waals surface area (Å²) in [5, 5.41) is 17.5. The molecule has 6 rings (SSSR count). The maximum absolute atomic E-state index is 13.8. The standard InChI is InChI=1S/C35H42ClF3N6O5/c1-42-30-5-3-2-4-27(30)32(41-42)33(47)40-29-11-6-22(16-28(29)36)17-31(46)45-19-24(44-14-12-43(13-15-44)21-35(37,38)39)18-25(45)20-50-26-9-7-23(8-10-26)34(48)49/h2-6,11,16,23-26H,7-10,12-15,17-21H2,1H3,(H,40,47)(H,48,49)/t23?,24-,25-,26?/m0/s1. The van der Waals surface area contributed by atoms with Gasteiger partial charge in [-0.3, -0.25) is 28.9 Å². The van der Waals surface area contributed by atoms with Gasteiger partial charge in [0.2, 0.25) is 5.91 Å². The largest absolute Gasteiger partial charge is 0.481 e. The van der Waals surface area contributed by atoms with E-state index in [0.717, 1.165) is 5.52 Å². The lowest BCUT2D eigenvalue weighted by atomic mass is 9.87. The van der Waals surface area contributed by atoms with Crippen LogP contribution in [0.1, 0.15) is 48.2 Å². The lowest BCUT2D eigenvalue weighted by Gasteiger charge is -2.38. The van der Waals surface area contributed by atoms with Crippen molar-refractivity contribution in [3.8, 4) is 0 Å². The number of anilines is 1. The number of benzene rings is 2. The number of carboxylic acids is 1. The summed E-state index contributed by atoms with van der Waals surface area (Å²) in [6.45, 7) is 1.36. The highest BCUT2D eigenvalue weighted by atomic mass is 35.5. The molecule has 0 bridgehead atoms. The molecule has 270 valence electrons. The molecule has 3 aromatic rings. The van der Waals surface area contributed by atoms with Gasteiger partial charge in [-0.1, -0.05) is 35.9 Å². The number of carbonyl (C=O) groups excluding carboxylic acids is 2. The first-order chi connectivity index (χ1) is 23.8. The van der Waals surface area contributed by atoms with Gasteiger partial charge in [0.1, 0.15) is 0 Å². The van der Waals surface area contributed by atoms with Crippen LogP contribution in [0.25, 0.3) is 10.9 Å². The van der Waals surface area contributed by atoms with Crippen LogP contribution in [0.4, 0.5) is 18.9 Å². The first-order valence-electron chi connectivity index (χ1n) is 17.0. The van der Waals surface area contributed by atoms with Crippen molar-refractivity contribution in [1.82, 2.24) is 24.5 Å². The fraction of sp³-hybridized carbons (Fsp3) is 0.543. The Morgan fingerprint density at radius 1 is 1.04 bits per heavy atom. The Morgan fingerprint density at radius 3 is 2.44 bits per heavy atom. The highest BCUT2D eigenvalue weighted by Gasteiger charge is 2.40. The van der Waals surface area contributed by atoms with Crippen LogP contribution in [-0.4, -0.2) is 118 Å². The molecule has 2 saturated heterocycles. The summed E-state index contributed by atoms with van der Waals surface area (Å²) >= 11 is 6.60. The highest BCUT2D eigenvalue weighted by molar-refractivity contribution is 6.34. The highest BCUT2D eigenvalue weighted by Crippen LogP contribution is 2.31. The molecule has 0 unspecified atom stereocenters. The number of aromatic nitrogens is 2. The summed E-state index contributed by atoms with van der Waals surface area (Å²) in [7, 11) is 1.77. The quantitative estimate of drug-likeness (QED) is 0.306. The van der Waals surface area contributed by atoms with E-state index in [-0.39, 0.29) is 47.2 Å². The average Bonchev–Trinajstić information content (AvgIpc) is 3.66. The normalized spacial score (nSPS) is 23.7. The molecule has 15 heteroatoms. The SMILES string of the molecule is Cn1nc(C(=O)Nc2ccc(CC(=O)N3C[C@@H](N4CCN(CC(F)(F)F)CC4)C[C@H]3COC3CCC(C(=O)O)CC3)cc2Cl)c2ccccc21. The van der Waals surface area contributed by atoms with E-state index < -0.39 is 24.6 Å². The lowest BCUT2D eigenvalue weighted by Crippen LogP contribution is -2.52. The number of halogens is 4. The molecular formula is C35H42ClF3N6O5. The van der Waals surface area contributed by atoms with Crippen LogP contribution in [0, 0.1) is 5.92 Å². The van der Waals surface area contributed by atoms with Gasteiger partial charge in [0, 0.05) is 51.2 Å². The zero-order valence-electron chi connectivity index (χ0n) is 27.9. The second-order valence-electron chi connectivity index (χ2n) is 13.6. The van der Waals surface area contributed by atoms with E-state index in [1.165, 1.54) is 4.90 Å². The van der Waals surface area contributed by atoms with Crippen molar-refractivity contribution in [2.75, 3.05) is 51.2 Å². The molecule has 11 nitrogen and oxygen atoms in total. The summed E-state index contributed by atoms with van der Waals surface area (Å²) in [4.78, 5) is 43.8. The number of likely N-dealkylation sites (tertiary alicyclic amines) is 1. The predicted molar refractivity (Wildman–Crippen MR) is 181 cm³/mol. The zero-order valence-corrected chi connectivity index (χ0v) is 28.6. The maximum Gasteiger partial charge on any atom is 0.401 e. The molecule has 50 heavy (non-hydrogen) atoms. The third-order valence-electron chi connectivity index (χ3n) is 10.2. The van der Waals surface area contributed by atoms with Crippen molar-refractivity contribution >= 4 is 46.0 Å². The van der Waals surface area contributed by atoms with Gasteiger partial charge in [-0.15, -0.1) is 0 Å². The molecule has 2 N–H and O–H groups in total. The van der Waals surface area contributed by atoms with Gasteiger partial charge >= 0.3 is 12.1 Å². The number of piperazine rings is 1. The van der Waals surface area contributed by atoms with Gasteiger partial charge in [0.25, 0.3) is 5.91 Å². The smallest absolute Gasteiger partial charge is 0.401 e. The third-order valence-corrected chi connectivity index (χ3v) is 10.5. The minimum atomic E-state index is -4.24. The Kier molecular flexibility index (Phi) is 11.0. The van der Waals surface area contributed by atoms with Gasteiger partial charge < -0.3 is 20.1 Å². The second kappa shape index (κ2) is 15.3. The molecule has 1 saturated carbocycles. The minimum absolute atomic E-state index is 0.0211. The zero-order chi connectivity index (χ0) is 35.6. The Balaban J connectivity index is 1.10. The number of nitrogens with zero attached hydrogens (tertiary/aromatic N) is 5. The topological polar surface area (TPSA) is 120 Å². The monoisotopic (exact) mass is 718 g/mol. The van der Waals surface area contributed by atoms with Crippen molar-refractivity contribution < 1.29 is 37.4 Å². The fourth-order valence-electron chi connectivity index (χ4n) is 7.49. The summed E-state index contributed by atoms with van der Waals surface area (Å²) in [6.07, 6.45) is -1.26. The molecule has 0 radical (unpaired) electrons. The molecule has 3 aliphatic rings. The number of para-hydroxylation sites is 1. The van der Waals surface area contributed by atoms with E-state index in [0.29, 0.717) is 88.1 Å². The first kappa shape index (κ1) is 36.1. The van der Waals surface area contributed by atoms with E-state index in [9.17, 15) is 32.7 Å². The van der Waals surface area contributed by atoms with Gasteiger partial charge in [0.15, 0.2) is 5.69 Å². The van der Waals surface area contributed by atoms with Crippen LogP contribution in [-0.2, 0) is 27.8 Å². The summed E-state index contributed by atoms with van der Waals surface area (Å²) in [5.74, 6) is -1.68. The van der Waals surface area contributed by atoms with E-state index in [4.69, 9.17) is 16.3 Å². The number of fused-ring (bicyclic) bond motifs is 1. The molecular weight excluding hydrogens is 677 g/mol. The van der Waals surface area contributed by atoms with Gasteiger partial charge in [0.05, 0.1) is 53.9 Å². The van der Waals surface area contributed by atoms with E-state index >= 15 is 0 Å². The number of aryl methyl sites for hydroxylation is 1. The molecule has 2 aromatic carbocycles. The number of carboxylic acid groups (broad SMARTS) is 1. The van der Waals surface area contributed by atoms with Crippen LogP contribution >= 0.6 is 11.6 Å². The van der Waals surface area contributed by atoms with Crippen LogP contribution in [0.2, 0.25) is 5.02 Å². The molecule has 3 fully saturated rings. The van der Waals surface area contributed by atoms with Crippen molar-refractivity contribution in [3.63, 3.8) is 0 Å².